The third-order valence-corrected chi connectivity index (χ3v) is 2.80. The quantitative estimate of drug-likeness (QED) is 0.834. The van der Waals surface area contributed by atoms with Gasteiger partial charge in [-0.2, -0.15) is 0 Å². The number of rotatable bonds is 3. The van der Waals surface area contributed by atoms with Gasteiger partial charge in [0.15, 0.2) is 0 Å². The molecule has 0 aliphatic rings. The lowest BCUT2D eigenvalue weighted by molar-refractivity contribution is 0.567. The molecule has 5 heteroatoms. The molecule has 2 aromatic rings. The van der Waals surface area contributed by atoms with Gasteiger partial charge in [-0.15, -0.1) is 0 Å². The van der Waals surface area contributed by atoms with E-state index in [1.54, 1.807) is 19.3 Å². The summed E-state index contributed by atoms with van der Waals surface area (Å²) < 4.78 is 2.80. The number of aromatic nitrogens is 3. The molecule has 0 saturated heterocycles. The highest BCUT2D eigenvalue weighted by Crippen LogP contribution is 2.03. The smallest absolute Gasteiger partial charge is 0.331 e. The first-order valence-electron chi connectivity index (χ1n) is 5.43. The maximum atomic E-state index is 12.0. The Kier molecular flexibility index (Phi) is 2.68. The number of unbranched alkanes of at least 4 members (excludes halogenated alkanes) is 1. The van der Waals surface area contributed by atoms with Crippen LogP contribution in [0.25, 0.3) is 11.0 Å². The van der Waals surface area contributed by atoms with E-state index in [-0.39, 0.29) is 11.2 Å². The van der Waals surface area contributed by atoms with Crippen LogP contribution in [0.15, 0.2) is 21.9 Å². The van der Waals surface area contributed by atoms with Crippen molar-refractivity contribution in [3.63, 3.8) is 0 Å². The molecule has 2 rings (SSSR count). The number of nitrogens with one attached hydrogen (secondary N) is 1. The van der Waals surface area contributed by atoms with Crippen LogP contribution in [0, 0.1) is 0 Å². The van der Waals surface area contributed by atoms with Crippen molar-refractivity contribution in [1.82, 2.24) is 14.1 Å². The Morgan fingerprint density at radius 2 is 2.12 bits per heavy atom. The number of aromatic amines is 1. The zero-order valence-electron chi connectivity index (χ0n) is 9.49. The predicted molar refractivity (Wildman–Crippen MR) is 62.7 cm³/mol. The molecule has 0 aliphatic heterocycles. The van der Waals surface area contributed by atoms with Crippen molar-refractivity contribution in [3.8, 4) is 0 Å². The Hall–Kier alpha value is -1.78. The summed E-state index contributed by atoms with van der Waals surface area (Å²) in [5.41, 5.74) is 0.683. The van der Waals surface area contributed by atoms with Crippen LogP contribution >= 0.6 is 0 Å². The molecular weight excluding hydrogens is 206 g/mol. The molecule has 0 spiro atoms. The Morgan fingerprint density at radius 1 is 1.38 bits per heavy atom. The molecule has 2 heterocycles. The second-order valence-corrected chi connectivity index (χ2v) is 3.89. The van der Waals surface area contributed by atoms with Gasteiger partial charge in [-0.3, -0.25) is 13.9 Å². The second-order valence-electron chi connectivity index (χ2n) is 3.89. The SMILES string of the molecule is CCCCn1c(=O)c2[nH]ccc2n(C)c1=O. The molecule has 0 aliphatic carbocycles. The van der Waals surface area contributed by atoms with Gasteiger partial charge < -0.3 is 4.98 Å². The Labute approximate surface area is 92.3 Å². The van der Waals surface area contributed by atoms with Crippen molar-refractivity contribution in [2.24, 2.45) is 7.05 Å². The zero-order valence-corrected chi connectivity index (χ0v) is 9.49. The maximum absolute atomic E-state index is 12.0. The van der Waals surface area contributed by atoms with E-state index in [2.05, 4.69) is 4.98 Å². The van der Waals surface area contributed by atoms with Crippen molar-refractivity contribution in [2.45, 2.75) is 26.3 Å². The van der Waals surface area contributed by atoms with Crippen LogP contribution in [0.2, 0.25) is 0 Å². The van der Waals surface area contributed by atoms with E-state index in [0.29, 0.717) is 17.6 Å². The average Bonchev–Trinajstić information content (AvgIpc) is 2.75. The summed E-state index contributed by atoms with van der Waals surface area (Å²) in [6.07, 6.45) is 3.47. The molecule has 2 aromatic heterocycles. The summed E-state index contributed by atoms with van der Waals surface area (Å²) in [6.45, 7) is 2.51. The van der Waals surface area contributed by atoms with Crippen LogP contribution in [0.4, 0.5) is 0 Å². The molecule has 0 fully saturated rings. The van der Waals surface area contributed by atoms with Crippen molar-refractivity contribution in [3.05, 3.63) is 33.1 Å². The highest BCUT2D eigenvalue weighted by Gasteiger charge is 2.10. The van der Waals surface area contributed by atoms with Gasteiger partial charge in [-0.1, -0.05) is 13.3 Å². The minimum absolute atomic E-state index is 0.225. The number of aryl methyl sites for hydroxylation is 1. The molecule has 0 saturated carbocycles. The fourth-order valence-corrected chi connectivity index (χ4v) is 1.83. The first-order chi connectivity index (χ1) is 7.66. The predicted octanol–water partition coefficient (Wildman–Crippen LogP) is 0.828. The van der Waals surface area contributed by atoms with E-state index in [1.165, 1.54) is 9.13 Å². The van der Waals surface area contributed by atoms with Crippen LogP contribution in [0.5, 0.6) is 0 Å². The van der Waals surface area contributed by atoms with Gasteiger partial charge in [-0.25, -0.2) is 4.79 Å². The van der Waals surface area contributed by atoms with Crippen LogP contribution < -0.4 is 11.2 Å². The van der Waals surface area contributed by atoms with Crippen LogP contribution in [-0.2, 0) is 13.6 Å². The first-order valence-corrected chi connectivity index (χ1v) is 5.43. The monoisotopic (exact) mass is 221 g/mol. The normalized spacial score (nSPS) is 11.1. The van der Waals surface area contributed by atoms with Crippen LogP contribution in [0.3, 0.4) is 0 Å². The lowest BCUT2D eigenvalue weighted by Gasteiger charge is -2.07. The summed E-state index contributed by atoms with van der Waals surface area (Å²) in [7, 11) is 1.68. The van der Waals surface area contributed by atoms with E-state index < -0.39 is 0 Å². The summed E-state index contributed by atoms with van der Waals surface area (Å²) in [5.74, 6) is 0. The summed E-state index contributed by atoms with van der Waals surface area (Å²) in [4.78, 5) is 26.8. The first kappa shape index (κ1) is 10.7. The van der Waals surface area contributed by atoms with E-state index in [9.17, 15) is 9.59 Å². The van der Waals surface area contributed by atoms with Crippen molar-refractivity contribution >= 4 is 11.0 Å². The third kappa shape index (κ3) is 1.48. The maximum Gasteiger partial charge on any atom is 0.331 e. The minimum atomic E-state index is -0.245. The topological polar surface area (TPSA) is 59.8 Å². The van der Waals surface area contributed by atoms with Gasteiger partial charge in [0.1, 0.15) is 5.52 Å². The highest BCUT2D eigenvalue weighted by molar-refractivity contribution is 5.73. The fourth-order valence-electron chi connectivity index (χ4n) is 1.83. The van der Waals surface area contributed by atoms with Gasteiger partial charge in [-0.05, 0) is 12.5 Å². The minimum Gasteiger partial charge on any atom is -0.355 e. The summed E-state index contributed by atoms with van der Waals surface area (Å²) in [5, 5.41) is 0. The molecular formula is C11H15N3O2. The lowest BCUT2D eigenvalue weighted by atomic mass is 10.3. The van der Waals surface area contributed by atoms with Crippen LogP contribution in [0.1, 0.15) is 19.8 Å². The number of nitrogens with zero attached hydrogens (tertiary/aromatic N) is 2. The van der Waals surface area contributed by atoms with Crippen molar-refractivity contribution in [1.29, 1.82) is 0 Å². The Bertz CT molecular complexity index is 618. The summed E-state index contributed by atoms with van der Waals surface area (Å²) in [6, 6.07) is 1.74. The number of hydrogen-bond acceptors (Lipinski definition) is 2. The van der Waals surface area contributed by atoms with Gasteiger partial charge in [0.05, 0.1) is 5.52 Å². The van der Waals surface area contributed by atoms with Gasteiger partial charge in [0.25, 0.3) is 5.56 Å². The molecule has 0 atom stereocenters. The van der Waals surface area contributed by atoms with Crippen LogP contribution in [-0.4, -0.2) is 14.1 Å². The molecule has 1 N–H and O–H groups in total. The van der Waals surface area contributed by atoms with E-state index >= 15 is 0 Å². The number of H-pyrrole nitrogens is 1. The standard InChI is InChI=1S/C11H15N3O2/c1-3-4-7-14-10(15)9-8(5-6-12-9)13(2)11(14)16/h5-6,12H,3-4,7H2,1-2H3. The summed E-state index contributed by atoms with van der Waals surface area (Å²) >= 11 is 0. The van der Waals surface area contributed by atoms with E-state index in [4.69, 9.17) is 0 Å². The van der Waals surface area contributed by atoms with Gasteiger partial charge in [0, 0.05) is 19.8 Å². The van der Waals surface area contributed by atoms with Crippen molar-refractivity contribution < 1.29 is 0 Å². The molecule has 0 amide bonds. The molecule has 0 radical (unpaired) electrons. The molecule has 5 nitrogen and oxygen atoms in total. The Balaban J connectivity index is 2.73. The largest absolute Gasteiger partial charge is 0.355 e. The molecule has 0 bridgehead atoms. The Morgan fingerprint density at radius 3 is 2.81 bits per heavy atom. The third-order valence-electron chi connectivity index (χ3n) is 2.80. The van der Waals surface area contributed by atoms with Crippen molar-refractivity contribution in [2.75, 3.05) is 0 Å². The van der Waals surface area contributed by atoms with E-state index in [1.807, 2.05) is 6.92 Å². The number of fused-ring (bicyclic) bond motifs is 1. The highest BCUT2D eigenvalue weighted by atomic mass is 16.2. The van der Waals surface area contributed by atoms with E-state index in [0.717, 1.165) is 12.8 Å². The van der Waals surface area contributed by atoms with Gasteiger partial charge >= 0.3 is 5.69 Å². The molecule has 0 aromatic carbocycles. The molecule has 86 valence electrons. The average molecular weight is 221 g/mol. The zero-order chi connectivity index (χ0) is 11.7. The molecule has 16 heavy (non-hydrogen) atoms. The number of hydrogen-bond donors (Lipinski definition) is 1. The fraction of sp³-hybridized carbons (Fsp3) is 0.455. The second kappa shape index (κ2) is 4.00. The lowest BCUT2D eigenvalue weighted by Crippen LogP contribution is -2.38. The molecule has 0 unspecified atom stereocenters. The van der Waals surface area contributed by atoms with Gasteiger partial charge in [0.2, 0.25) is 0 Å².